The van der Waals surface area contributed by atoms with Gasteiger partial charge in [-0.1, -0.05) is 18.2 Å². The molecule has 2 N–H and O–H groups in total. The number of imidazole rings is 1. The number of pyridine rings is 1. The van der Waals surface area contributed by atoms with E-state index in [1.807, 2.05) is 35.0 Å². The predicted octanol–water partition coefficient (Wildman–Crippen LogP) is 3.96. The zero-order valence-electron chi connectivity index (χ0n) is 14.6. The summed E-state index contributed by atoms with van der Waals surface area (Å²) in [5.41, 5.74) is 1.32. The molecule has 1 atom stereocenters. The fraction of sp³-hybridized carbons (Fsp3) is 0.263. The van der Waals surface area contributed by atoms with E-state index in [9.17, 15) is 18.0 Å². The molecule has 27 heavy (non-hydrogen) atoms. The first-order valence-electron chi connectivity index (χ1n) is 8.47. The van der Waals surface area contributed by atoms with Crippen molar-refractivity contribution in [2.75, 3.05) is 6.54 Å². The van der Waals surface area contributed by atoms with Crippen molar-refractivity contribution in [2.45, 2.75) is 25.6 Å². The maximum Gasteiger partial charge on any atom is 0.416 e. The molecule has 0 aliphatic heterocycles. The lowest BCUT2D eigenvalue weighted by atomic mass is 10.1. The van der Waals surface area contributed by atoms with Crippen LogP contribution in [0.4, 0.5) is 18.0 Å². The van der Waals surface area contributed by atoms with Crippen molar-refractivity contribution in [2.24, 2.45) is 0 Å². The van der Waals surface area contributed by atoms with Crippen LogP contribution in [0.2, 0.25) is 0 Å². The highest BCUT2D eigenvalue weighted by atomic mass is 19.4. The number of urea groups is 1. The van der Waals surface area contributed by atoms with Crippen molar-refractivity contribution in [3.05, 3.63) is 71.7 Å². The van der Waals surface area contributed by atoms with E-state index in [-0.39, 0.29) is 0 Å². The van der Waals surface area contributed by atoms with E-state index < -0.39 is 23.8 Å². The van der Waals surface area contributed by atoms with Crippen molar-refractivity contribution >= 4 is 11.7 Å². The first-order valence-corrected chi connectivity index (χ1v) is 8.47. The lowest BCUT2D eigenvalue weighted by Gasteiger charge is -2.16. The van der Waals surface area contributed by atoms with E-state index in [0.717, 1.165) is 23.5 Å². The van der Waals surface area contributed by atoms with Crippen LogP contribution < -0.4 is 10.6 Å². The van der Waals surface area contributed by atoms with Crippen LogP contribution in [0.25, 0.3) is 5.65 Å². The van der Waals surface area contributed by atoms with Gasteiger partial charge >= 0.3 is 12.2 Å². The predicted molar refractivity (Wildman–Crippen MR) is 95.3 cm³/mol. The number of aromatic nitrogens is 2. The smallest absolute Gasteiger partial charge is 0.338 e. The number of alkyl halides is 3. The minimum Gasteiger partial charge on any atom is -0.338 e. The van der Waals surface area contributed by atoms with Gasteiger partial charge in [-0.25, -0.2) is 9.78 Å². The summed E-state index contributed by atoms with van der Waals surface area (Å²) < 4.78 is 40.3. The van der Waals surface area contributed by atoms with Crippen LogP contribution in [0.3, 0.4) is 0 Å². The van der Waals surface area contributed by atoms with E-state index in [2.05, 4.69) is 15.6 Å². The fourth-order valence-electron chi connectivity index (χ4n) is 2.73. The number of nitrogens with zero attached hydrogens (tertiary/aromatic N) is 2. The van der Waals surface area contributed by atoms with Gasteiger partial charge < -0.3 is 15.0 Å². The number of halogens is 3. The molecule has 0 aliphatic carbocycles. The third-order valence-electron chi connectivity index (χ3n) is 4.14. The standard InChI is InChI=1S/C19H19F3N4O/c1-13(14-5-4-6-15(11-14)19(20,21)22)24-18(27)23-9-8-16-12-26-10-3-2-7-17(26)25-16/h2-7,10-13H,8-9H2,1H3,(H2,23,24,27)/t13-/m1/s1. The molecule has 8 heteroatoms. The topological polar surface area (TPSA) is 58.4 Å². The molecular weight excluding hydrogens is 357 g/mol. The van der Waals surface area contributed by atoms with Gasteiger partial charge in [-0.15, -0.1) is 0 Å². The Morgan fingerprint density at radius 1 is 1.22 bits per heavy atom. The molecule has 0 fully saturated rings. The SMILES string of the molecule is C[C@@H](NC(=O)NCCc1cn2ccccc2n1)c1cccc(C(F)(F)F)c1. The Labute approximate surface area is 154 Å². The Kier molecular flexibility index (Phi) is 5.34. The summed E-state index contributed by atoms with van der Waals surface area (Å²) in [5.74, 6) is 0. The summed E-state index contributed by atoms with van der Waals surface area (Å²) in [4.78, 5) is 16.4. The molecule has 0 spiro atoms. The largest absolute Gasteiger partial charge is 0.416 e. The molecular formula is C19H19F3N4O. The van der Waals surface area contributed by atoms with Crippen LogP contribution in [-0.2, 0) is 12.6 Å². The van der Waals surface area contributed by atoms with Gasteiger partial charge in [0, 0.05) is 25.4 Å². The highest BCUT2D eigenvalue weighted by molar-refractivity contribution is 5.74. The molecule has 0 unspecified atom stereocenters. The molecule has 0 radical (unpaired) electrons. The van der Waals surface area contributed by atoms with Gasteiger partial charge in [-0.05, 0) is 36.8 Å². The Morgan fingerprint density at radius 3 is 2.78 bits per heavy atom. The van der Waals surface area contributed by atoms with Gasteiger partial charge in [0.1, 0.15) is 5.65 Å². The number of carbonyl (C=O) groups is 1. The number of fused-ring (bicyclic) bond motifs is 1. The second-order valence-corrected chi connectivity index (χ2v) is 6.19. The normalized spacial score (nSPS) is 12.7. The van der Waals surface area contributed by atoms with Gasteiger partial charge in [0.15, 0.2) is 0 Å². The number of hydrogen-bond acceptors (Lipinski definition) is 2. The van der Waals surface area contributed by atoms with Crippen LogP contribution in [-0.4, -0.2) is 22.0 Å². The number of benzene rings is 1. The average molecular weight is 376 g/mol. The highest BCUT2D eigenvalue weighted by Crippen LogP contribution is 2.30. The molecule has 3 aromatic rings. The lowest BCUT2D eigenvalue weighted by Crippen LogP contribution is -2.38. The van der Waals surface area contributed by atoms with Crippen LogP contribution in [0, 0.1) is 0 Å². The third kappa shape index (κ3) is 4.78. The van der Waals surface area contributed by atoms with Gasteiger partial charge in [-0.3, -0.25) is 0 Å². The summed E-state index contributed by atoms with van der Waals surface area (Å²) in [5, 5.41) is 5.34. The minimum absolute atomic E-state index is 0.366. The number of hydrogen-bond donors (Lipinski definition) is 2. The third-order valence-corrected chi connectivity index (χ3v) is 4.14. The van der Waals surface area contributed by atoms with E-state index in [0.29, 0.717) is 18.5 Å². The van der Waals surface area contributed by atoms with Gasteiger partial charge in [0.25, 0.3) is 0 Å². The van der Waals surface area contributed by atoms with E-state index >= 15 is 0 Å². The highest BCUT2D eigenvalue weighted by Gasteiger charge is 2.30. The number of nitrogens with one attached hydrogen (secondary N) is 2. The van der Waals surface area contributed by atoms with Crippen molar-refractivity contribution < 1.29 is 18.0 Å². The fourth-order valence-corrected chi connectivity index (χ4v) is 2.73. The van der Waals surface area contributed by atoms with Crippen molar-refractivity contribution in [1.82, 2.24) is 20.0 Å². The zero-order chi connectivity index (χ0) is 19.4. The maximum absolute atomic E-state index is 12.8. The van der Waals surface area contributed by atoms with Gasteiger partial charge in [-0.2, -0.15) is 13.2 Å². The summed E-state index contributed by atoms with van der Waals surface area (Å²) >= 11 is 0. The van der Waals surface area contributed by atoms with Crippen molar-refractivity contribution in [1.29, 1.82) is 0 Å². The van der Waals surface area contributed by atoms with Crippen molar-refractivity contribution in [3.63, 3.8) is 0 Å². The summed E-state index contributed by atoms with van der Waals surface area (Å²) in [6, 6.07) is 9.62. The summed E-state index contributed by atoms with van der Waals surface area (Å²) in [7, 11) is 0. The molecule has 2 heterocycles. The Hall–Kier alpha value is -3.03. The van der Waals surface area contributed by atoms with E-state index in [1.165, 1.54) is 6.07 Å². The molecule has 1 aromatic carbocycles. The van der Waals surface area contributed by atoms with Crippen molar-refractivity contribution in [3.8, 4) is 0 Å². The molecule has 2 aromatic heterocycles. The zero-order valence-corrected chi connectivity index (χ0v) is 14.6. The maximum atomic E-state index is 12.8. The molecule has 0 saturated carbocycles. The monoisotopic (exact) mass is 376 g/mol. The Morgan fingerprint density at radius 2 is 2.04 bits per heavy atom. The molecule has 0 aliphatic rings. The van der Waals surface area contributed by atoms with Crippen LogP contribution in [0.15, 0.2) is 54.9 Å². The Bertz CT molecular complexity index is 903. The first-order chi connectivity index (χ1) is 12.8. The number of amides is 2. The van der Waals surface area contributed by atoms with E-state index in [4.69, 9.17) is 0 Å². The minimum atomic E-state index is -4.41. The van der Waals surface area contributed by atoms with Gasteiger partial charge in [0.05, 0.1) is 17.3 Å². The van der Waals surface area contributed by atoms with Crippen LogP contribution in [0.5, 0.6) is 0 Å². The molecule has 0 saturated heterocycles. The molecule has 2 amide bonds. The molecule has 5 nitrogen and oxygen atoms in total. The van der Waals surface area contributed by atoms with Crippen LogP contribution >= 0.6 is 0 Å². The average Bonchev–Trinajstić information content (AvgIpc) is 3.03. The molecule has 0 bridgehead atoms. The second-order valence-electron chi connectivity index (χ2n) is 6.19. The summed E-state index contributed by atoms with van der Waals surface area (Å²) in [6.45, 7) is 2.00. The quantitative estimate of drug-likeness (QED) is 0.708. The summed E-state index contributed by atoms with van der Waals surface area (Å²) in [6.07, 6.45) is -0.0813. The van der Waals surface area contributed by atoms with Crippen LogP contribution in [0.1, 0.15) is 29.8 Å². The second kappa shape index (κ2) is 7.69. The van der Waals surface area contributed by atoms with E-state index in [1.54, 1.807) is 13.0 Å². The molecule has 3 rings (SSSR count). The first kappa shape index (κ1) is 18.8. The Balaban J connectivity index is 1.51. The van der Waals surface area contributed by atoms with Gasteiger partial charge in [0.2, 0.25) is 0 Å². The number of rotatable bonds is 5. The molecule has 142 valence electrons. The number of carbonyl (C=O) groups excluding carboxylic acids is 1. The lowest BCUT2D eigenvalue weighted by molar-refractivity contribution is -0.137.